The summed E-state index contributed by atoms with van der Waals surface area (Å²) in [6.07, 6.45) is 1.01. The SMILES string of the molecule is CO/C=C(/Oc1ccc(Cl)cc1C(=O)Oc1ccc([N+](=O)[O-])cc1)C(=O)OC. The van der Waals surface area contributed by atoms with E-state index in [1.807, 2.05) is 0 Å². The van der Waals surface area contributed by atoms with E-state index in [-0.39, 0.29) is 33.5 Å². The molecule has 0 heterocycles. The molecule has 0 amide bonds. The van der Waals surface area contributed by atoms with Crippen LogP contribution in [0.2, 0.25) is 5.02 Å². The van der Waals surface area contributed by atoms with Crippen molar-refractivity contribution in [2.45, 2.75) is 0 Å². The van der Waals surface area contributed by atoms with Gasteiger partial charge in [0.2, 0.25) is 5.76 Å². The Kier molecular flexibility index (Phi) is 6.94. The first-order valence-corrected chi connectivity index (χ1v) is 7.98. The van der Waals surface area contributed by atoms with Crippen molar-refractivity contribution in [3.63, 3.8) is 0 Å². The molecule has 10 heteroatoms. The Morgan fingerprint density at radius 3 is 2.32 bits per heavy atom. The second kappa shape index (κ2) is 9.38. The molecule has 0 radical (unpaired) electrons. The lowest BCUT2D eigenvalue weighted by molar-refractivity contribution is -0.384. The molecule has 2 aromatic carbocycles. The van der Waals surface area contributed by atoms with Gasteiger partial charge in [-0.2, -0.15) is 0 Å². The number of hydrogen-bond donors (Lipinski definition) is 0. The quantitative estimate of drug-likeness (QED) is 0.171. The van der Waals surface area contributed by atoms with Gasteiger partial charge in [-0.3, -0.25) is 10.1 Å². The monoisotopic (exact) mass is 407 g/mol. The molecule has 0 saturated heterocycles. The predicted octanol–water partition coefficient (Wildman–Crippen LogP) is 3.51. The average Bonchev–Trinajstić information content (AvgIpc) is 2.68. The van der Waals surface area contributed by atoms with E-state index in [1.54, 1.807) is 0 Å². The van der Waals surface area contributed by atoms with E-state index in [9.17, 15) is 19.7 Å². The zero-order valence-corrected chi connectivity index (χ0v) is 15.5. The normalized spacial score (nSPS) is 10.8. The average molecular weight is 408 g/mol. The van der Waals surface area contributed by atoms with Crippen molar-refractivity contribution in [3.8, 4) is 11.5 Å². The van der Waals surface area contributed by atoms with E-state index in [1.165, 1.54) is 49.6 Å². The van der Waals surface area contributed by atoms with Crippen LogP contribution in [0.3, 0.4) is 0 Å². The highest BCUT2D eigenvalue weighted by Gasteiger charge is 2.21. The maximum atomic E-state index is 12.5. The maximum Gasteiger partial charge on any atom is 0.377 e. The maximum absolute atomic E-state index is 12.5. The summed E-state index contributed by atoms with van der Waals surface area (Å²) in [4.78, 5) is 34.4. The van der Waals surface area contributed by atoms with Gasteiger partial charge in [-0.05, 0) is 30.3 Å². The van der Waals surface area contributed by atoms with Crippen LogP contribution in [0.1, 0.15) is 10.4 Å². The van der Waals surface area contributed by atoms with Crippen LogP contribution in [0.25, 0.3) is 0 Å². The standard InChI is InChI=1S/C18H14ClNO8/c1-25-10-16(18(22)26-2)28-15-8-3-11(19)9-14(15)17(21)27-13-6-4-12(5-7-13)20(23)24/h3-10H,1-2H3/b16-10+. The molecule has 0 aliphatic carbocycles. The minimum absolute atomic E-state index is 0.0370. The number of carbonyl (C=O) groups excluding carboxylic acids is 2. The smallest absolute Gasteiger partial charge is 0.377 e. The van der Waals surface area contributed by atoms with Crippen molar-refractivity contribution < 1.29 is 33.5 Å². The third-order valence-corrected chi connectivity index (χ3v) is 3.49. The minimum Gasteiger partial charge on any atom is -0.500 e. The number of nitro groups is 1. The van der Waals surface area contributed by atoms with Gasteiger partial charge in [0.15, 0.2) is 0 Å². The van der Waals surface area contributed by atoms with Gasteiger partial charge < -0.3 is 18.9 Å². The van der Waals surface area contributed by atoms with Crippen molar-refractivity contribution in [3.05, 3.63) is 75.2 Å². The highest BCUT2D eigenvalue weighted by Crippen LogP contribution is 2.27. The second-order valence-corrected chi connectivity index (χ2v) is 5.53. The molecule has 0 spiro atoms. The Balaban J connectivity index is 2.30. The molecule has 0 saturated carbocycles. The van der Waals surface area contributed by atoms with E-state index in [0.29, 0.717) is 0 Å². The van der Waals surface area contributed by atoms with Crippen LogP contribution in [0.5, 0.6) is 11.5 Å². The number of benzene rings is 2. The molecule has 146 valence electrons. The number of nitrogens with zero attached hydrogens (tertiary/aromatic N) is 1. The number of halogens is 1. The largest absolute Gasteiger partial charge is 0.500 e. The third-order valence-electron chi connectivity index (χ3n) is 3.25. The van der Waals surface area contributed by atoms with Gasteiger partial charge >= 0.3 is 11.9 Å². The summed E-state index contributed by atoms with van der Waals surface area (Å²) < 4.78 is 20.0. The van der Waals surface area contributed by atoms with Crippen molar-refractivity contribution >= 4 is 29.2 Å². The Morgan fingerprint density at radius 1 is 1.07 bits per heavy atom. The number of carbonyl (C=O) groups is 2. The van der Waals surface area contributed by atoms with Crippen molar-refractivity contribution in [1.82, 2.24) is 0 Å². The summed E-state index contributed by atoms with van der Waals surface area (Å²) in [6.45, 7) is 0. The Hall–Kier alpha value is -3.59. The van der Waals surface area contributed by atoms with E-state index < -0.39 is 16.9 Å². The minimum atomic E-state index is -0.854. The van der Waals surface area contributed by atoms with Gasteiger partial charge in [0.25, 0.3) is 5.69 Å². The number of rotatable bonds is 7. The summed E-state index contributed by atoms with van der Waals surface area (Å²) in [7, 11) is 2.46. The summed E-state index contributed by atoms with van der Waals surface area (Å²) in [5, 5.41) is 10.9. The molecule has 0 aliphatic heterocycles. The lowest BCUT2D eigenvalue weighted by atomic mass is 10.2. The van der Waals surface area contributed by atoms with E-state index in [0.717, 1.165) is 13.4 Å². The first-order valence-electron chi connectivity index (χ1n) is 7.61. The molecular weight excluding hydrogens is 394 g/mol. The van der Waals surface area contributed by atoms with Crippen LogP contribution < -0.4 is 9.47 Å². The van der Waals surface area contributed by atoms with E-state index in [2.05, 4.69) is 4.74 Å². The topological polar surface area (TPSA) is 114 Å². The zero-order chi connectivity index (χ0) is 20.7. The molecule has 0 atom stereocenters. The summed E-state index contributed by atoms with van der Waals surface area (Å²) >= 11 is 5.94. The lowest BCUT2D eigenvalue weighted by Gasteiger charge is -2.12. The second-order valence-electron chi connectivity index (χ2n) is 5.09. The fourth-order valence-electron chi connectivity index (χ4n) is 1.99. The van der Waals surface area contributed by atoms with Crippen LogP contribution in [0.15, 0.2) is 54.5 Å². The van der Waals surface area contributed by atoms with Crippen LogP contribution in [0.4, 0.5) is 5.69 Å². The molecule has 2 rings (SSSR count). The molecule has 9 nitrogen and oxygen atoms in total. The van der Waals surface area contributed by atoms with Crippen LogP contribution in [-0.4, -0.2) is 31.1 Å². The molecule has 0 aromatic heterocycles. The zero-order valence-electron chi connectivity index (χ0n) is 14.7. The number of hydrogen-bond acceptors (Lipinski definition) is 8. The van der Waals surface area contributed by atoms with Crippen molar-refractivity contribution in [2.75, 3.05) is 14.2 Å². The molecule has 28 heavy (non-hydrogen) atoms. The first kappa shape index (κ1) is 20.7. The Bertz CT molecular complexity index is 924. The molecular formula is C18H14ClNO8. The van der Waals surface area contributed by atoms with Gasteiger partial charge in [0, 0.05) is 17.2 Å². The van der Waals surface area contributed by atoms with Gasteiger partial charge in [-0.15, -0.1) is 0 Å². The molecule has 0 fully saturated rings. The third kappa shape index (κ3) is 5.21. The number of methoxy groups -OCH3 is 2. The van der Waals surface area contributed by atoms with Gasteiger partial charge in [-0.1, -0.05) is 11.6 Å². The number of esters is 2. The molecule has 0 aliphatic rings. The van der Waals surface area contributed by atoms with E-state index in [4.69, 9.17) is 25.8 Å². The van der Waals surface area contributed by atoms with Crippen molar-refractivity contribution in [1.29, 1.82) is 0 Å². The summed E-state index contributed by atoms with van der Waals surface area (Å²) in [5.41, 5.74) is -0.240. The number of non-ortho nitro benzene ring substituents is 1. The first-order chi connectivity index (χ1) is 13.3. The number of nitro benzene ring substituents is 1. The Labute approximate surface area is 164 Å². The predicted molar refractivity (Wildman–Crippen MR) is 97.2 cm³/mol. The summed E-state index contributed by atoms with van der Waals surface area (Å²) in [6, 6.07) is 9.01. The molecule has 0 unspecified atom stereocenters. The summed E-state index contributed by atoms with van der Waals surface area (Å²) in [5.74, 6) is -1.96. The van der Waals surface area contributed by atoms with E-state index >= 15 is 0 Å². The van der Waals surface area contributed by atoms with Crippen molar-refractivity contribution in [2.24, 2.45) is 0 Å². The number of ether oxygens (including phenoxy) is 4. The highest BCUT2D eigenvalue weighted by molar-refractivity contribution is 6.31. The fraction of sp³-hybridized carbons (Fsp3) is 0.111. The molecule has 0 N–H and O–H groups in total. The van der Waals surface area contributed by atoms with Gasteiger partial charge in [-0.25, -0.2) is 9.59 Å². The lowest BCUT2D eigenvalue weighted by Crippen LogP contribution is -2.15. The Morgan fingerprint density at radius 2 is 1.75 bits per heavy atom. The molecule has 0 bridgehead atoms. The van der Waals surface area contributed by atoms with Crippen LogP contribution in [-0.2, 0) is 14.3 Å². The van der Waals surface area contributed by atoms with Crippen LogP contribution >= 0.6 is 11.6 Å². The van der Waals surface area contributed by atoms with Gasteiger partial charge in [0.1, 0.15) is 23.3 Å². The highest BCUT2D eigenvalue weighted by atomic mass is 35.5. The van der Waals surface area contributed by atoms with Gasteiger partial charge in [0.05, 0.1) is 19.1 Å². The fourth-order valence-corrected chi connectivity index (χ4v) is 2.16. The van der Waals surface area contributed by atoms with Crippen LogP contribution in [0, 0.1) is 10.1 Å². The molecule has 2 aromatic rings.